The molecule has 0 saturated heterocycles. The summed E-state index contributed by atoms with van der Waals surface area (Å²) in [7, 11) is 4.10. The van der Waals surface area contributed by atoms with Gasteiger partial charge in [0.2, 0.25) is 5.82 Å². The van der Waals surface area contributed by atoms with Gasteiger partial charge < -0.3 is 4.90 Å². The maximum atomic E-state index is 4.32. The molecule has 6 heteroatoms. The van der Waals surface area contributed by atoms with Gasteiger partial charge in [0.05, 0.1) is 6.54 Å². The highest BCUT2D eigenvalue weighted by molar-refractivity contribution is 5.47. The van der Waals surface area contributed by atoms with Gasteiger partial charge in [-0.2, -0.15) is 4.80 Å². The van der Waals surface area contributed by atoms with Gasteiger partial charge in [0, 0.05) is 6.20 Å². The van der Waals surface area contributed by atoms with Crippen molar-refractivity contribution in [3.8, 4) is 11.5 Å². The predicted octanol–water partition coefficient (Wildman–Crippen LogP) is 0.995. The highest BCUT2D eigenvalue weighted by Gasteiger charge is 2.06. The Kier molecular flexibility index (Phi) is 3.99. The fraction of sp³-hybridized carbons (Fsp3) is 0.500. The number of pyridine rings is 1. The van der Waals surface area contributed by atoms with Crippen LogP contribution in [0.2, 0.25) is 0 Å². The van der Waals surface area contributed by atoms with E-state index in [9.17, 15) is 0 Å². The van der Waals surface area contributed by atoms with E-state index in [0.717, 1.165) is 30.8 Å². The quantitative estimate of drug-likeness (QED) is 0.787. The first-order valence-corrected chi connectivity index (χ1v) is 6.01. The zero-order valence-electron chi connectivity index (χ0n) is 11.0. The number of hydrogen-bond donors (Lipinski definition) is 0. The zero-order valence-corrected chi connectivity index (χ0v) is 11.0. The summed E-state index contributed by atoms with van der Waals surface area (Å²) in [6.07, 6.45) is 2.81. The molecule has 0 bridgehead atoms. The second-order valence-corrected chi connectivity index (χ2v) is 4.59. The van der Waals surface area contributed by atoms with Crippen LogP contribution in [0.25, 0.3) is 11.5 Å². The first-order valence-electron chi connectivity index (χ1n) is 6.01. The summed E-state index contributed by atoms with van der Waals surface area (Å²) in [5.41, 5.74) is 1.89. The highest BCUT2D eigenvalue weighted by Crippen LogP contribution is 2.10. The molecule has 2 aromatic rings. The number of nitrogens with zero attached hydrogens (tertiary/aromatic N) is 6. The van der Waals surface area contributed by atoms with Gasteiger partial charge in [0.1, 0.15) is 5.69 Å². The fourth-order valence-electron chi connectivity index (χ4n) is 1.57. The third kappa shape index (κ3) is 3.33. The second kappa shape index (κ2) is 5.68. The van der Waals surface area contributed by atoms with E-state index >= 15 is 0 Å². The lowest BCUT2D eigenvalue weighted by molar-refractivity contribution is 0.369. The molecule has 2 rings (SSSR count). The summed E-state index contributed by atoms with van der Waals surface area (Å²) in [6, 6.07) is 3.91. The lowest BCUT2D eigenvalue weighted by Crippen LogP contribution is -2.15. The number of tetrazole rings is 1. The smallest absolute Gasteiger partial charge is 0.223 e. The van der Waals surface area contributed by atoms with Crippen LogP contribution in [0.1, 0.15) is 12.0 Å². The largest absolute Gasteiger partial charge is 0.309 e. The van der Waals surface area contributed by atoms with E-state index < -0.39 is 0 Å². The minimum absolute atomic E-state index is 0.583. The van der Waals surface area contributed by atoms with Gasteiger partial charge in [-0.1, -0.05) is 6.07 Å². The summed E-state index contributed by atoms with van der Waals surface area (Å²) >= 11 is 0. The molecule has 0 radical (unpaired) electrons. The van der Waals surface area contributed by atoms with Crippen LogP contribution in [0.4, 0.5) is 0 Å². The van der Waals surface area contributed by atoms with Gasteiger partial charge in [0.15, 0.2) is 0 Å². The molecular weight excluding hydrogens is 228 g/mol. The highest BCUT2D eigenvalue weighted by atomic mass is 15.6. The van der Waals surface area contributed by atoms with Crippen molar-refractivity contribution in [1.82, 2.24) is 30.1 Å². The Labute approximate surface area is 107 Å². The summed E-state index contributed by atoms with van der Waals surface area (Å²) in [5, 5.41) is 12.4. The molecule has 0 atom stereocenters. The van der Waals surface area contributed by atoms with E-state index in [1.54, 1.807) is 4.80 Å². The average Bonchev–Trinajstić information content (AvgIpc) is 2.78. The Balaban J connectivity index is 1.99. The third-order valence-electron chi connectivity index (χ3n) is 2.56. The Morgan fingerprint density at radius 2 is 2.11 bits per heavy atom. The van der Waals surface area contributed by atoms with Crippen molar-refractivity contribution in [2.75, 3.05) is 20.6 Å². The summed E-state index contributed by atoms with van der Waals surface area (Å²) in [6.45, 7) is 3.79. The molecule has 0 saturated carbocycles. The SMILES string of the molecule is Cc1ccc(-c2nnn(CCCN(C)C)n2)nc1. The number of aryl methyl sites for hydroxylation is 2. The third-order valence-corrected chi connectivity index (χ3v) is 2.56. The fourth-order valence-corrected chi connectivity index (χ4v) is 1.57. The minimum Gasteiger partial charge on any atom is -0.309 e. The summed E-state index contributed by atoms with van der Waals surface area (Å²) < 4.78 is 0. The van der Waals surface area contributed by atoms with Crippen molar-refractivity contribution in [3.05, 3.63) is 23.9 Å². The van der Waals surface area contributed by atoms with Crippen LogP contribution in [0.3, 0.4) is 0 Å². The van der Waals surface area contributed by atoms with Gasteiger partial charge >= 0.3 is 0 Å². The minimum atomic E-state index is 0.583. The van der Waals surface area contributed by atoms with Gasteiger partial charge in [-0.05, 0) is 50.8 Å². The molecular formula is C12H18N6. The van der Waals surface area contributed by atoms with Crippen molar-refractivity contribution in [2.45, 2.75) is 19.9 Å². The van der Waals surface area contributed by atoms with E-state index in [0.29, 0.717) is 5.82 Å². The van der Waals surface area contributed by atoms with Crippen molar-refractivity contribution < 1.29 is 0 Å². The zero-order chi connectivity index (χ0) is 13.0. The molecule has 0 N–H and O–H groups in total. The summed E-state index contributed by atoms with van der Waals surface area (Å²) in [4.78, 5) is 8.05. The van der Waals surface area contributed by atoms with E-state index in [-0.39, 0.29) is 0 Å². The molecule has 6 nitrogen and oxygen atoms in total. The number of hydrogen-bond acceptors (Lipinski definition) is 5. The topological polar surface area (TPSA) is 59.7 Å². The van der Waals surface area contributed by atoms with Crippen LogP contribution in [-0.2, 0) is 6.54 Å². The standard InChI is InChI=1S/C12H18N6/c1-10-5-6-11(13-9-10)12-14-16-18(15-12)8-4-7-17(2)3/h5-6,9H,4,7-8H2,1-3H3. The van der Waals surface area contributed by atoms with Crippen LogP contribution in [-0.4, -0.2) is 50.7 Å². The molecule has 0 fully saturated rings. The van der Waals surface area contributed by atoms with Gasteiger partial charge in [-0.3, -0.25) is 4.98 Å². The number of rotatable bonds is 5. The molecule has 96 valence electrons. The maximum absolute atomic E-state index is 4.32. The number of aromatic nitrogens is 5. The van der Waals surface area contributed by atoms with E-state index in [2.05, 4.69) is 39.4 Å². The first-order chi connectivity index (χ1) is 8.65. The second-order valence-electron chi connectivity index (χ2n) is 4.59. The Morgan fingerprint density at radius 3 is 2.78 bits per heavy atom. The van der Waals surface area contributed by atoms with E-state index in [1.165, 1.54) is 0 Å². The van der Waals surface area contributed by atoms with Crippen LogP contribution in [0.15, 0.2) is 18.3 Å². The van der Waals surface area contributed by atoms with Crippen LogP contribution >= 0.6 is 0 Å². The first kappa shape index (κ1) is 12.6. The van der Waals surface area contributed by atoms with Crippen LogP contribution in [0.5, 0.6) is 0 Å². The normalized spacial score (nSPS) is 11.1. The van der Waals surface area contributed by atoms with E-state index in [4.69, 9.17) is 0 Å². The van der Waals surface area contributed by atoms with E-state index in [1.807, 2.05) is 25.3 Å². The molecule has 18 heavy (non-hydrogen) atoms. The summed E-state index contributed by atoms with van der Waals surface area (Å²) in [5.74, 6) is 0.583. The molecule has 0 aromatic carbocycles. The lowest BCUT2D eigenvalue weighted by Gasteiger charge is -2.07. The van der Waals surface area contributed by atoms with Gasteiger partial charge in [-0.25, -0.2) is 0 Å². The monoisotopic (exact) mass is 246 g/mol. The van der Waals surface area contributed by atoms with Gasteiger partial charge in [-0.15, -0.1) is 10.2 Å². The molecule has 2 aromatic heterocycles. The molecule has 0 aliphatic carbocycles. The average molecular weight is 246 g/mol. The Hall–Kier alpha value is -1.82. The molecule has 2 heterocycles. The van der Waals surface area contributed by atoms with Crippen LogP contribution in [0, 0.1) is 6.92 Å². The Bertz CT molecular complexity index is 488. The van der Waals surface area contributed by atoms with Crippen molar-refractivity contribution in [2.24, 2.45) is 0 Å². The maximum Gasteiger partial charge on any atom is 0.223 e. The van der Waals surface area contributed by atoms with Crippen molar-refractivity contribution in [1.29, 1.82) is 0 Å². The predicted molar refractivity (Wildman–Crippen MR) is 69.0 cm³/mol. The molecule has 0 aliphatic rings. The molecule has 0 amide bonds. The van der Waals surface area contributed by atoms with Crippen LogP contribution < -0.4 is 0 Å². The van der Waals surface area contributed by atoms with Crippen molar-refractivity contribution in [3.63, 3.8) is 0 Å². The molecule has 0 aliphatic heterocycles. The molecule has 0 spiro atoms. The van der Waals surface area contributed by atoms with Crippen molar-refractivity contribution >= 4 is 0 Å². The lowest BCUT2D eigenvalue weighted by atomic mass is 10.3. The molecule has 0 unspecified atom stereocenters. The van der Waals surface area contributed by atoms with Gasteiger partial charge in [0.25, 0.3) is 0 Å². The Morgan fingerprint density at radius 1 is 1.28 bits per heavy atom.